The van der Waals surface area contributed by atoms with Gasteiger partial charge < -0.3 is 118 Å². The van der Waals surface area contributed by atoms with Crippen molar-refractivity contribution in [1.29, 1.82) is 0 Å². The molecule has 5 rings (SSSR count). The van der Waals surface area contributed by atoms with Crippen LogP contribution in [0.4, 0.5) is 0 Å². The van der Waals surface area contributed by atoms with Crippen LogP contribution in [-0.2, 0) is 195 Å². The molecule has 106 heavy (non-hydrogen) atoms. The van der Waals surface area contributed by atoms with Gasteiger partial charge in [-0.3, -0.25) is 76.7 Å². The molecule has 5 saturated heterocycles. The second kappa shape index (κ2) is 40.3. The fourth-order valence-electron chi connectivity index (χ4n) is 11.5. The van der Waals surface area contributed by atoms with Crippen molar-refractivity contribution in [3.63, 3.8) is 0 Å². The fraction of sp³-hybridized carbons (Fsp3) is 0.742. The van der Waals surface area contributed by atoms with E-state index in [2.05, 4.69) is 10.0 Å². The van der Waals surface area contributed by atoms with Gasteiger partial charge in [0.15, 0.2) is 98.5 Å². The number of carbonyl (C=O) groups excluding carboxylic acids is 16. The minimum atomic E-state index is -2.47. The lowest BCUT2D eigenvalue weighted by molar-refractivity contribution is -0.394. The van der Waals surface area contributed by atoms with Gasteiger partial charge in [0.1, 0.15) is 88.0 Å². The van der Waals surface area contributed by atoms with Crippen LogP contribution >= 0.6 is 0 Å². The fourth-order valence-corrected chi connectivity index (χ4v) is 11.5. The van der Waals surface area contributed by atoms with Crippen molar-refractivity contribution < 1.29 is 195 Å². The Labute approximate surface area is 602 Å². The number of ether oxygens (including phenoxy) is 25. The van der Waals surface area contributed by atoms with Crippen LogP contribution in [0.5, 0.6) is 0 Å². The SMILES string of the molecule is CC(=O)OC[C@H]1O[C@H](O[C@@H]2[C@H](OC(C)=O)[C@@H](O[C@@H]3[C@H](OC(C)=O)[C@@H](O[C@@H]4[C@H](OC(C)=O)[C@@H](O[C@H]5[C@@H](OC(C)=O)[C@H](OC(C)=O)[C@@H](COC(C)=O)O[C@@H]5N=[N+]=[N-])O[C@H](COC(C)=O)[C@H]4OC(C)=O)O[C@H](COC(C)=O)[C@H]3OC(C)=O)O[C@H](COC(C)=O)[C@H]2OC(C)=O)[C@@H](OC(C)=O)[C@@H](OC(C)=O)[C@@H]1OC(C)=O. The molecule has 0 unspecified atom stereocenters. The lowest BCUT2D eigenvalue weighted by atomic mass is 9.94. The zero-order valence-electron chi connectivity index (χ0n) is 60.0. The van der Waals surface area contributed by atoms with Gasteiger partial charge in [0, 0.05) is 116 Å². The van der Waals surface area contributed by atoms with Crippen molar-refractivity contribution in [1.82, 2.24) is 0 Å². The van der Waals surface area contributed by atoms with E-state index in [-0.39, 0.29) is 0 Å². The summed E-state index contributed by atoms with van der Waals surface area (Å²) in [6, 6.07) is 0. The summed E-state index contributed by atoms with van der Waals surface area (Å²) in [5.74, 6) is -17.8. The highest BCUT2D eigenvalue weighted by Gasteiger charge is 2.63. The number of carbonyl (C=O) groups is 16. The van der Waals surface area contributed by atoms with Crippen LogP contribution in [0.3, 0.4) is 0 Å². The molecule has 0 saturated carbocycles. The highest BCUT2D eigenvalue weighted by Crippen LogP contribution is 2.42. The van der Waals surface area contributed by atoms with Gasteiger partial charge in [-0.1, -0.05) is 5.11 Å². The Kier molecular flexibility index (Phi) is 33.1. The third kappa shape index (κ3) is 25.9. The van der Waals surface area contributed by atoms with E-state index >= 15 is 0 Å². The van der Waals surface area contributed by atoms with Crippen molar-refractivity contribution in [3.8, 4) is 0 Å². The monoisotopic (exact) mass is 1530 g/mol. The van der Waals surface area contributed by atoms with E-state index in [1.54, 1.807) is 0 Å². The summed E-state index contributed by atoms with van der Waals surface area (Å²) in [7, 11) is 0. The third-order valence-electron chi connectivity index (χ3n) is 14.9. The van der Waals surface area contributed by atoms with Gasteiger partial charge in [-0.05, 0) is 5.53 Å². The molecule has 5 fully saturated rings. The van der Waals surface area contributed by atoms with Crippen LogP contribution in [-0.4, -0.2) is 282 Å². The summed E-state index contributed by atoms with van der Waals surface area (Å²) < 4.78 is 147. The van der Waals surface area contributed by atoms with Gasteiger partial charge in [-0.2, -0.15) is 0 Å². The lowest BCUT2D eigenvalue weighted by Gasteiger charge is -2.51. The molecule has 0 aliphatic carbocycles. The Bertz CT molecular complexity index is 3270. The van der Waals surface area contributed by atoms with Crippen molar-refractivity contribution >= 4 is 95.5 Å². The van der Waals surface area contributed by atoms with E-state index in [9.17, 15) is 82.2 Å². The number of hydrogen-bond donors (Lipinski definition) is 0. The van der Waals surface area contributed by atoms with E-state index in [1.807, 2.05) is 0 Å². The first kappa shape index (κ1) is 87.1. The molecule has 5 heterocycles. The standard InChI is InChI=1S/C62H83N3O41/c1-22(66)82-17-38-43(87-27(6)71)48(92-32(11)76)53(58(98-38)64-65-63)106-62-57(97-37(16)81)52(47(91-31(10)75)42(102-62)21-86-26(5)70)105-61-56(96-36(15)80)51(46(90-30(9)74)41(101-61)20-85-25(4)69)104-60-55(95-35(14)79)50(45(89-29(8)73)40(100-60)19-84-24(3)68)103-59-54(94-34(13)78)49(93-33(12)77)44(88-28(7)72)39(99-59)18-83-23(2)67/h38-62H,17-21H2,1-16H3/t38-,39-,40-,41-,42-,43-,44-,45-,46-,47-,48+,49+,50+,51+,52+,53+,54+,55+,56+,57+,58+,59-,60-,61-,62-/m1/s1. The molecule has 44 heteroatoms. The molecular weight excluding hydrogens is 1440 g/mol. The molecule has 0 N–H and O–H groups in total. The Morgan fingerprint density at radius 3 is 0.613 bits per heavy atom. The zero-order valence-corrected chi connectivity index (χ0v) is 60.0. The molecule has 0 radical (unpaired) electrons. The Hall–Kier alpha value is -9.53. The maximum Gasteiger partial charge on any atom is 0.303 e. The van der Waals surface area contributed by atoms with Gasteiger partial charge in [0.2, 0.25) is 0 Å². The Morgan fingerprint density at radius 2 is 0.406 bits per heavy atom. The maximum absolute atomic E-state index is 13.8. The summed E-state index contributed by atoms with van der Waals surface area (Å²) in [5.41, 5.74) is 9.92. The average molecular weight is 1530 g/mol. The van der Waals surface area contributed by atoms with E-state index in [0.29, 0.717) is 0 Å². The quantitative estimate of drug-likeness (QED) is 0.0260. The predicted octanol–water partition coefficient (Wildman–Crippen LogP) is -1.47. The number of rotatable bonds is 30. The van der Waals surface area contributed by atoms with Crippen LogP contribution in [0.2, 0.25) is 0 Å². The molecule has 0 aromatic carbocycles. The Balaban J connectivity index is 1.86. The normalized spacial score (nSPS) is 32.4. The first-order valence-electron chi connectivity index (χ1n) is 32.2. The lowest BCUT2D eigenvalue weighted by Crippen LogP contribution is -2.70. The topological polar surface area (TPSA) is 553 Å². The summed E-state index contributed by atoms with van der Waals surface area (Å²) in [4.78, 5) is 211. The number of azide groups is 1. The molecule has 5 aliphatic heterocycles. The molecule has 0 bridgehead atoms. The highest BCUT2D eigenvalue weighted by molar-refractivity contribution is 5.72. The van der Waals surface area contributed by atoms with Gasteiger partial charge in [-0.15, -0.1) is 0 Å². The smallest absolute Gasteiger partial charge is 0.303 e. The molecular formula is C62H83N3O41. The number of hydrogen-bond acceptors (Lipinski definition) is 42. The zero-order chi connectivity index (χ0) is 79.3. The number of nitrogens with zero attached hydrogens (tertiary/aromatic N) is 3. The van der Waals surface area contributed by atoms with E-state index in [1.165, 1.54) is 0 Å². The molecule has 5 aliphatic rings. The Morgan fingerprint density at radius 1 is 0.236 bits per heavy atom. The predicted molar refractivity (Wildman–Crippen MR) is 326 cm³/mol. The second-order valence-corrected chi connectivity index (χ2v) is 23.7. The van der Waals surface area contributed by atoms with Crippen molar-refractivity contribution in [2.75, 3.05) is 33.0 Å². The molecule has 44 nitrogen and oxygen atoms in total. The maximum atomic E-state index is 13.8. The summed E-state index contributed by atoms with van der Waals surface area (Å²) in [6.07, 6.45) is -52.9. The highest BCUT2D eigenvalue weighted by atomic mass is 16.8. The van der Waals surface area contributed by atoms with Crippen LogP contribution in [0.25, 0.3) is 10.4 Å². The third-order valence-corrected chi connectivity index (χ3v) is 14.9. The molecule has 0 spiro atoms. The summed E-state index contributed by atoms with van der Waals surface area (Å²) >= 11 is 0. The molecule has 0 amide bonds. The van der Waals surface area contributed by atoms with E-state index < -0.39 is 282 Å². The van der Waals surface area contributed by atoms with Crippen LogP contribution in [0.1, 0.15) is 111 Å². The second-order valence-electron chi connectivity index (χ2n) is 23.7. The van der Waals surface area contributed by atoms with Gasteiger partial charge in [0.05, 0.1) is 0 Å². The van der Waals surface area contributed by atoms with Gasteiger partial charge in [-0.25, -0.2) is 0 Å². The van der Waals surface area contributed by atoms with E-state index in [0.717, 1.165) is 111 Å². The first-order valence-corrected chi connectivity index (χ1v) is 32.2. The molecule has 0 aromatic heterocycles. The average Bonchev–Trinajstić information content (AvgIpc) is 0.759. The van der Waals surface area contributed by atoms with E-state index in [4.69, 9.17) is 118 Å². The molecule has 25 atom stereocenters. The molecule has 592 valence electrons. The number of esters is 16. The summed E-state index contributed by atoms with van der Waals surface area (Å²) in [5, 5.41) is 3.63. The minimum Gasteiger partial charge on any atom is -0.463 e. The first-order chi connectivity index (χ1) is 49.7. The van der Waals surface area contributed by atoms with Gasteiger partial charge >= 0.3 is 95.5 Å². The van der Waals surface area contributed by atoms with Crippen molar-refractivity contribution in [3.05, 3.63) is 10.4 Å². The largest absolute Gasteiger partial charge is 0.463 e. The summed E-state index contributed by atoms with van der Waals surface area (Å²) in [6.45, 7) is 9.72. The van der Waals surface area contributed by atoms with Crippen LogP contribution < -0.4 is 0 Å². The van der Waals surface area contributed by atoms with Crippen LogP contribution in [0, 0.1) is 0 Å². The molecule has 0 aromatic rings. The van der Waals surface area contributed by atoms with Crippen molar-refractivity contribution in [2.45, 2.75) is 264 Å². The minimum absolute atomic E-state index is 0.759. The van der Waals surface area contributed by atoms with Crippen LogP contribution in [0.15, 0.2) is 5.11 Å². The van der Waals surface area contributed by atoms with Gasteiger partial charge in [0.25, 0.3) is 0 Å². The van der Waals surface area contributed by atoms with Crippen molar-refractivity contribution in [2.24, 2.45) is 5.11 Å².